The molecule has 0 aliphatic rings. The smallest absolute Gasteiger partial charge is 0.137 e. The van der Waals surface area contributed by atoms with Crippen molar-refractivity contribution in [3.05, 3.63) is 52.9 Å². The maximum Gasteiger partial charge on any atom is 0.137 e. The van der Waals surface area contributed by atoms with Crippen LogP contribution in [0.3, 0.4) is 0 Å². The van der Waals surface area contributed by atoms with Gasteiger partial charge in [0.05, 0.1) is 5.69 Å². The quantitative estimate of drug-likeness (QED) is 0.878. The fourth-order valence-electron chi connectivity index (χ4n) is 2.06. The van der Waals surface area contributed by atoms with E-state index < -0.39 is 0 Å². The number of nitrogens with zero attached hydrogens (tertiary/aromatic N) is 1. The van der Waals surface area contributed by atoms with Gasteiger partial charge in [-0.3, -0.25) is 0 Å². The van der Waals surface area contributed by atoms with Crippen LogP contribution in [0.25, 0.3) is 0 Å². The summed E-state index contributed by atoms with van der Waals surface area (Å²) in [5, 5.41) is 7.51. The lowest BCUT2D eigenvalue weighted by molar-refractivity contribution is 0.391. The average molecular weight is 244 g/mol. The SMILES string of the molecule is Cc1noc(C)c1CC(C)NCc1ccccc1. The number of rotatable bonds is 5. The van der Waals surface area contributed by atoms with E-state index in [9.17, 15) is 0 Å². The Morgan fingerprint density at radius 2 is 1.94 bits per heavy atom. The number of hydrogen-bond acceptors (Lipinski definition) is 3. The predicted octanol–water partition coefficient (Wildman–Crippen LogP) is 3.01. The Hall–Kier alpha value is -1.61. The highest BCUT2D eigenvalue weighted by atomic mass is 16.5. The second-order valence-electron chi connectivity index (χ2n) is 4.77. The van der Waals surface area contributed by atoms with E-state index in [1.165, 1.54) is 11.1 Å². The van der Waals surface area contributed by atoms with Crippen molar-refractivity contribution >= 4 is 0 Å². The van der Waals surface area contributed by atoms with Gasteiger partial charge >= 0.3 is 0 Å². The third kappa shape index (κ3) is 3.20. The third-order valence-electron chi connectivity index (χ3n) is 3.19. The van der Waals surface area contributed by atoms with Crippen LogP contribution in [0.2, 0.25) is 0 Å². The van der Waals surface area contributed by atoms with Gasteiger partial charge in [-0.15, -0.1) is 0 Å². The van der Waals surface area contributed by atoms with Crippen LogP contribution in [0.4, 0.5) is 0 Å². The summed E-state index contributed by atoms with van der Waals surface area (Å²) in [7, 11) is 0. The molecule has 0 radical (unpaired) electrons. The molecule has 0 saturated carbocycles. The molecule has 0 fully saturated rings. The van der Waals surface area contributed by atoms with Crippen LogP contribution in [0.15, 0.2) is 34.9 Å². The molecule has 0 bridgehead atoms. The maximum absolute atomic E-state index is 5.18. The molecule has 0 saturated heterocycles. The largest absolute Gasteiger partial charge is 0.361 e. The van der Waals surface area contributed by atoms with E-state index in [0.29, 0.717) is 6.04 Å². The van der Waals surface area contributed by atoms with Crippen molar-refractivity contribution in [2.75, 3.05) is 0 Å². The molecule has 1 heterocycles. The van der Waals surface area contributed by atoms with Crippen LogP contribution in [0.1, 0.15) is 29.5 Å². The van der Waals surface area contributed by atoms with E-state index in [4.69, 9.17) is 4.52 Å². The minimum Gasteiger partial charge on any atom is -0.361 e. The molecule has 1 aromatic heterocycles. The minimum atomic E-state index is 0.405. The Labute approximate surface area is 108 Å². The Bertz CT molecular complexity index is 471. The van der Waals surface area contributed by atoms with Gasteiger partial charge in [0.1, 0.15) is 5.76 Å². The summed E-state index contributed by atoms with van der Waals surface area (Å²) in [6, 6.07) is 10.8. The van der Waals surface area contributed by atoms with E-state index in [0.717, 1.165) is 24.4 Å². The van der Waals surface area contributed by atoms with Crippen LogP contribution in [0.5, 0.6) is 0 Å². The highest BCUT2D eigenvalue weighted by Crippen LogP contribution is 2.14. The number of aryl methyl sites for hydroxylation is 2. The van der Waals surface area contributed by atoms with Crippen molar-refractivity contribution in [1.29, 1.82) is 0 Å². The molecular formula is C15H20N2O. The number of hydrogen-bond donors (Lipinski definition) is 1. The fraction of sp³-hybridized carbons (Fsp3) is 0.400. The van der Waals surface area contributed by atoms with E-state index in [1.54, 1.807) is 0 Å². The van der Waals surface area contributed by atoms with Gasteiger partial charge in [0, 0.05) is 18.2 Å². The van der Waals surface area contributed by atoms with Gasteiger partial charge in [0.15, 0.2) is 0 Å². The molecule has 1 aromatic carbocycles. The van der Waals surface area contributed by atoms with E-state index >= 15 is 0 Å². The first-order valence-electron chi connectivity index (χ1n) is 6.36. The van der Waals surface area contributed by atoms with Crippen LogP contribution in [-0.4, -0.2) is 11.2 Å². The summed E-state index contributed by atoms with van der Waals surface area (Å²) in [5.74, 6) is 0.931. The summed E-state index contributed by atoms with van der Waals surface area (Å²) >= 11 is 0. The normalized spacial score (nSPS) is 12.6. The van der Waals surface area contributed by atoms with Gasteiger partial charge in [-0.1, -0.05) is 35.5 Å². The van der Waals surface area contributed by atoms with Crippen LogP contribution in [-0.2, 0) is 13.0 Å². The lowest BCUT2D eigenvalue weighted by atomic mass is 10.1. The first-order valence-corrected chi connectivity index (χ1v) is 6.36. The Balaban J connectivity index is 1.88. The third-order valence-corrected chi connectivity index (χ3v) is 3.19. The lowest BCUT2D eigenvalue weighted by Gasteiger charge is -2.13. The van der Waals surface area contributed by atoms with Crippen molar-refractivity contribution in [3.8, 4) is 0 Å². The summed E-state index contributed by atoms with van der Waals surface area (Å²) in [6.45, 7) is 7.05. The molecule has 0 spiro atoms. The molecular weight excluding hydrogens is 224 g/mol. The molecule has 18 heavy (non-hydrogen) atoms. The zero-order valence-electron chi connectivity index (χ0n) is 11.2. The first kappa shape index (κ1) is 12.8. The van der Waals surface area contributed by atoms with Gasteiger partial charge < -0.3 is 9.84 Å². The molecule has 3 heteroatoms. The number of benzene rings is 1. The molecule has 1 unspecified atom stereocenters. The maximum atomic E-state index is 5.18. The molecule has 96 valence electrons. The van der Waals surface area contributed by atoms with Crippen molar-refractivity contribution < 1.29 is 4.52 Å². The number of nitrogens with one attached hydrogen (secondary N) is 1. The molecule has 1 N–H and O–H groups in total. The standard InChI is InChI=1S/C15H20N2O/c1-11(9-15-12(2)17-18-13(15)3)16-10-14-7-5-4-6-8-14/h4-8,11,16H,9-10H2,1-3H3. The molecule has 1 atom stereocenters. The Kier molecular flexibility index (Phi) is 4.15. The Morgan fingerprint density at radius 1 is 1.22 bits per heavy atom. The van der Waals surface area contributed by atoms with Crippen molar-refractivity contribution in [2.45, 2.75) is 39.8 Å². The summed E-state index contributed by atoms with van der Waals surface area (Å²) in [5.41, 5.74) is 3.53. The second-order valence-corrected chi connectivity index (χ2v) is 4.77. The molecule has 0 amide bonds. The monoisotopic (exact) mass is 244 g/mol. The lowest BCUT2D eigenvalue weighted by Crippen LogP contribution is -2.27. The van der Waals surface area contributed by atoms with Crippen molar-refractivity contribution in [2.24, 2.45) is 0 Å². The topological polar surface area (TPSA) is 38.1 Å². The first-order chi connectivity index (χ1) is 8.66. The predicted molar refractivity (Wildman–Crippen MR) is 72.4 cm³/mol. The fourth-order valence-corrected chi connectivity index (χ4v) is 2.06. The molecule has 0 aliphatic carbocycles. The van der Waals surface area contributed by atoms with E-state index in [-0.39, 0.29) is 0 Å². The van der Waals surface area contributed by atoms with Crippen LogP contribution >= 0.6 is 0 Å². The molecule has 3 nitrogen and oxygen atoms in total. The molecule has 0 aliphatic heterocycles. The van der Waals surface area contributed by atoms with E-state index in [1.807, 2.05) is 19.9 Å². The molecule has 2 aromatic rings. The Morgan fingerprint density at radius 3 is 2.56 bits per heavy atom. The summed E-state index contributed by atoms with van der Waals surface area (Å²) in [4.78, 5) is 0. The second kappa shape index (κ2) is 5.83. The van der Waals surface area contributed by atoms with Gasteiger partial charge in [-0.25, -0.2) is 0 Å². The van der Waals surface area contributed by atoms with Gasteiger partial charge in [-0.2, -0.15) is 0 Å². The zero-order chi connectivity index (χ0) is 13.0. The highest BCUT2D eigenvalue weighted by Gasteiger charge is 2.12. The summed E-state index contributed by atoms with van der Waals surface area (Å²) < 4.78 is 5.18. The van der Waals surface area contributed by atoms with Crippen LogP contribution < -0.4 is 5.32 Å². The highest BCUT2D eigenvalue weighted by molar-refractivity contribution is 5.22. The van der Waals surface area contributed by atoms with E-state index in [2.05, 4.69) is 41.7 Å². The van der Waals surface area contributed by atoms with Gasteiger partial charge in [-0.05, 0) is 32.8 Å². The van der Waals surface area contributed by atoms with Gasteiger partial charge in [0.2, 0.25) is 0 Å². The van der Waals surface area contributed by atoms with Crippen molar-refractivity contribution in [3.63, 3.8) is 0 Å². The van der Waals surface area contributed by atoms with Crippen LogP contribution in [0, 0.1) is 13.8 Å². The average Bonchev–Trinajstić information content (AvgIpc) is 2.69. The minimum absolute atomic E-state index is 0.405. The summed E-state index contributed by atoms with van der Waals surface area (Å²) in [6.07, 6.45) is 0.952. The van der Waals surface area contributed by atoms with Crippen molar-refractivity contribution in [1.82, 2.24) is 10.5 Å². The zero-order valence-corrected chi connectivity index (χ0v) is 11.2. The molecule has 2 rings (SSSR count). The van der Waals surface area contributed by atoms with Gasteiger partial charge in [0.25, 0.3) is 0 Å². The number of aromatic nitrogens is 1.